The molecule has 1 fully saturated rings. The first-order valence-corrected chi connectivity index (χ1v) is 6.35. The number of carboxylic acid groups (broad SMARTS) is 3. The predicted molar refractivity (Wildman–Crippen MR) is 68.8 cm³/mol. The van der Waals surface area contributed by atoms with Gasteiger partial charge in [-0.1, -0.05) is 12.2 Å². The molecule has 2 aliphatic carbocycles. The molecule has 7 heteroatoms. The fraction of sp³-hybridized carbons (Fsp3) is 0.417. The Labute approximate surface area is 117 Å². The summed E-state index contributed by atoms with van der Waals surface area (Å²) in [4.78, 5) is 30.2. The summed E-state index contributed by atoms with van der Waals surface area (Å²) in [6, 6.07) is 0. The summed E-state index contributed by atoms with van der Waals surface area (Å²) in [5.74, 6) is -2.35. The Kier molecular flexibility index (Phi) is 5.29. The highest BCUT2D eigenvalue weighted by atomic mass is 79.9. The van der Waals surface area contributed by atoms with E-state index in [2.05, 4.69) is 28.1 Å². The lowest BCUT2D eigenvalue weighted by Gasteiger charge is -2.11. The van der Waals surface area contributed by atoms with Crippen LogP contribution in [0.3, 0.4) is 0 Å². The molecule has 0 saturated heterocycles. The van der Waals surface area contributed by atoms with Crippen molar-refractivity contribution in [3.8, 4) is 0 Å². The highest BCUT2D eigenvalue weighted by Crippen LogP contribution is 2.43. The molecule has 2 bridgehead atoms. The Balaban J connectivity index is 0.000000192. The number of allylic oxidation sites excluding steroid dienone is 2. The van der Waals surface area contributed by atoms with E-state index in [1.165, 1.54) is 0 Å². The third-order valence-electron chi connectivity index (χ3n) is 3.05. The molecule has 2 rings (SSSR count). The van der Waals surface area contributed by atoms with Crippen molar-refractivity contribution in [1.82, 2.24) is 0 Å². The van der Waals surface area contributed by atoms with Gasteiger partial charge in [-0.05, 0) is 40.6 Å². The van der Waals surface area contributed by atoms with Crippen molar-refractivity contribution in [2.75, 3.05) is 0 Å². The van der Waals surface area contributed by atoms with Crippen LogP contribution in [-0.2, 0) is 14.4 Å². The van der Waals surface area contributed by atoms with Gasteiger partial charge >= 0.3 is 17.9 Å². The number of hydrogen-bond donors (Lipinski definition) is 3. The van der Waals surface area contributed by atoms with Gasteiger partial charge in [0.2, 0.25) is 0 Å². The fourth-order valence-electron chi connectivity index (χ4n) is 2.23. The normalized spacial score (nSPS) is 27.6. The van der Waals surface area contributed by atoms with Gasteiger partial charge in [-0.2, -0.15) is 0 Å². The number of halogens is 1. The average molecular weight is 333 g/mol. The summed E-state index contributed by atoms with van der Waals surface area (Å²) in [6.07, 6.45) is 6.73. The molecule has 0 heterocycles. The molecule has 3 atom stereocenters. The van der Waals surface area contributed by atoms with Gasteiger partial charge in [-0.25, -0.2) is 9.59 Å². The summed E-state index contributed by atoms with van der Waals surface area (Å²) in [5.41, 5.74) is 0. The number of carboxylic acids is 3. The van der Waals surface area contributed by atoms with Crippen molar-refractivity contribution in [2.45, 2.75) is 12.8 Å². The van der Waals surface area contributed by atoms with E-state index in [0.29, 0.717) is 17.9 Å². The van der Waals surface area contributed by atoms with Crippen LogP contribution in [0, 0.1) is 17.8 Å². The summed E-state index contributed by atoms with van der Waals surface area (Å²) >= 11 is 2.52. The van der Waals surface area contributed by atoms with Gasteiger partial charge in [0.1, 0.15) is 4.48 Å². The van der Waals surface area contributed by atoms with E-state index >= 15 is 0 Å². The zero-order valence-corrected chi connectivity index (χ0v) is 11.4. The monoisotopic (exact) mass is 332 g/mol. The quantitative estimate of drug-likeness (QED) is 0.535. The molecule has 0 amide bonds. The number of hydrogen-bond acceptors (Lipinski definition) is 3. The Morgan fingerprint density at radius 2 is 1.74 bits per heavy atom. The topological polar surface area (TPSA) is 112 Å². The standard InChI is InChI=1S/C8H10O2.C4H3BrO4/c9-8(10)7-4-5-1-2-6(7)3-5;5-2(4(8)9)1-3(6)7/h1-2,5-7H,3-4H2,(H,9,10);1H,(H,6,7)(H,8,9)/b;2-1+. The molecule has 3 N–H and O–H groups in total. The molecule has 0 radical (unpaired) electrons. The van der Waals surface area contributed by atoms with E-state index in [-0.39, 0.29) is 10.4 Å². The third kappa shape index (κ3) is 4.51. The summed E-state index contributed by atoms with van der Waals surface area (Å²) in [7, 11) is 0. The van der Waals surface area contributed by atoms with E-state index < -0.39 is 17.9 Å². The van der Waals surface area contributed by atoms with Crippen molar-refractivity contribution >= 4 is 33.8 Å². The van der Waals surface area contributed by atoms with Gasteiger partial charge in [0.05, 0.1) is 5.92 Å². The minimum Gasteiger partial charge on any atom is -0.481 e. The number of rotatable bonds is 3. The zero-order chi connectivity index (χ0) is 14.6. The molecule has 2 aliphatic rings. The zero-order valence-electron chi connectivity index (χ0n) is 9.82. The van der Waals surface area contributed by atoms with Crippen molar-refractivity contribution in [3.63, 3.8) is 0 Å². The van der Waals surface area contributed by atoms with Crippen molar-refractivity contribution in [1.29, 1.82) is 0 Å². The van der Waals surface area contributed by atoms with Gasteiger partial charge in [0.25, 0.3) is 0 Å². The maximum Gasteiger partial charge on any atom is 0.343 e. The van der Waals surface area contributed by atoms with E-state index in [9.17, 15) is 14.4 Å². The molecular weight excluding hydrogens is 320 g/mol. The second-order valence-electron chi connectivity index (χ2n) is 4.36. The van der Waals surface area contributed by atoms with Crippen LogP contribution in [-0.4, -0.2) is 33.2 Å². The van der Waals surface area contributed by atoms with Gasteiger partial charge < -0.3 is 15.3 Å². The molecule has 19 heavy (non-hydrogen) atoms. The third-order valence-corrected chi connectivity index (χ3v) is 3.62. The van der Waals surface area contributed by atoms with Gasteiger partial charge in [-0.3, -0.25) is 4.79 Å². The largest absolute Gasteiger partial charge is 0.481 e. The first-order chi connectivity index (χ1) is 8.81. The van der Waals surface area contributed by atoms with Crippen LogP contribution in [0.4, 0.5) is 0 Å². The molecule has 0 aromatic carbocycles. The average Bonchev–Trinajstić information content (AvgIpc) is 2.90. The van der Waals surface area contributed by atoms with E-state index in [0.717, 1.165) is 12.8 Å². The van der Waals surface area contributed by atoms with Crippen LogP contribution in [0.2, 0.25) is 0 Å². The molecule has 1 saturated carbocycles. The van der Waals surface area contributed by atoms with Crippen LogP contribution in [0.5, 0.6) is 0 Å². The van der Waals surface area contributed by atoms with E-state index in [1.54, 1.807) is 0 Å². The SMILES string of the molecule is O=C(O)/C=C(/Br)C(=O)O.O=C(O)C1CC2C=CC1C2. The predicted octanol–water partition coefficient (Wildman–Crippen LogP) is 1.72. The lowest BCUT2D eigenvalue weighted by Crippen LogP contribution is -2.17. The molecule has 0 aliphatic heterocycles. The lowest BCUT2D eigenvalue weighted by atomic mass is 9.94. The lowest BCUT2D eigenvalue weighted by molar-refractivity contribution is -0.142. The van der Waals surface area contributed by atoms with Gasteiger partial charge in [0.15, 0.2) is 0 Å². The molecule has 3 unspecified atom stereocenters. The van der Waals surface area contributed by atoms with Crippen LogP contribution < -0.4 is 0 Å². The van der Waals surface area contributed by atoms with Crippen LogP contribution in [0.15, 0.2) is 22.7 Å². The second-order valence-corrected chi connectivity index (χ2v) is 5.21. The van der Waals surface area contributed by atoms with Crippen LogP contribution in [0.25, 0.3) is 0 Å². The molecule has 6 nitrogen and oxygen atoms in total. The number of aliphatic carboxylic acids is 3. The molecule has 0 aromatic heterocycles. The first-order valence-electron chi connectivity index (χ1n) is 5.55. The molecule has 0 spiro atoms. The summed E-state index contributed by atoms with van der Waals surface area (Å²) in [5, 5.41) is 24.7. The minimum atomic E-state index is -1.29. The maximum absolute atomic E-state index is 10.6. The van der Waals surface area contributed by atoms with Crippen molar-refractivity contribution in [3.05, 3.63) is 22.7 Å². The second kappa shape index (κ2) is 6.51. The summed E-state index contributed by atoms with van der Waals surface area (Å²) in [6.45, 7) is 0. The Morgan fingerprint density at radius 3 is 1.95 bits per heavy atom. The van der Waals surface area contributed by atoms with E-state index in [4.69, 9.17) is 15.3 Å². The van der Waals surface area contributed by atoms with E-state index in [1.807, 2.05) is 0 Å². The highest BCUT2D eigenvalue weighted by molar-refractivity contribution is 9.12. The molecule has 0 aromatic rings. The van der Waals surface area contributed by atoms with Crippen molar-refractivity contribution < 1.29 is 29.7 Å². The summed E-state index contributed by atoms with van der Waals surface area (Å²) < 4.78 is -0.366. The first kappa shape index (κ1) is 15.4. The number of carbonyl (C=O) groups is 3. The molecule has 104 valence electrons. The maximum atomic E-state index is 10.6. The molecular formula is C12H13BrO6. The van der Waals surface area contributed by atoms with Crippen LogP contribution >= 0.6 is 15.9 Å². The highest BCUT2D eigenvalue weighted by Gasteiger charge is 2.39. The fourth-order valence-corrected chi connectivity index (χ4v) is 2.43. The van der Waals surface area contributed by atoms with Crippen LogP contribution in [0.1, 0.15) is 12.8 Å². The van der Waals surface area contributed by atoms with Crippen molar-refractivity contribution in [2.24, 2.45) is 17.8 Å². The Hall–Kier alpha value is -1.63. The number of fused-ring (bicyclic) bond motifs is 2. The van der Waals surface area contributed by atoms with Gasteiger partial charge in [-0.15, -0.1) is 0 Å². The minimum absolute atomic E-state index is 0.0741. The smallest absolute Gasteiger partial charge is 0.343 e. The van der Waals surface area contributed by atoms with Gasteiger partial charge in [0, 0.05) is 6.08 Å². The Bertz CT molecular complexity index is 453. The Morgan fingerprint density at radius 1 is 1.11 bits per heavy atom.